The summed E-state index contributed by atoms with van der Waals surface area (Å²) in [6.07, 6.45) is 0. The van der Waals surface area contributed by atoms with Crippen LogP contribution < -0.4 is 0 Å². The van der Waals surface area contributed by atoms with Crippen LogP contribution in [0.5, 0.6) is 0 Å². The normalized spacial score (nSPS) is 18.8. The zero-order valence-electron chi connectivity index (χ0n) is 15.7. The van der Waals surface area contributed by atoms with Crippen molar-refractivity contribution in [2.45, 2.75) is 25.8 Å². The monoisotopic (exact) mass is 430 g/mol. The summed E-state index contributed by atoms with van der Waals surface area (Å²) in [6, 6.07) is 10.1. The molecule has 0 N–H and O–H groups in total. The van der Waals surface area contributed by atoms with Crippen molar-refractivity contribution in [1.82, 2.24) is 0 Å². The third kappa shape index (κ3) is 4.05. The van der Waals surface area contributed by atoms with Gasteiger partial charge in [-0.05, 0) is 43.7 Å². The summed E-state index contributed by atoms with van der Waals surface area (Å²) in [5, 5.41) is 0.732. The molecule has 0 fully saturated rings. The van der Waals surface area contributed by atoms with Gasteiger partial charge in [-0.25, -0.2) is 20.7 Å². The second-order valence-electron chi connectivity index (χ2n) is 6.43. The van der Waals surface area contributed by atoms with Gasteiger partial charge in [-0.3, -0.25) is 0 Å². The Hall–Kier alpha value is -2.68. The predicted octanol–water partition coefficient (Wildman–Crippen LogP) is 5.95. The second-order valence-corrected chi connectivity index (χ2v) is 7.28. The Bertz CT molecular complexity index is 1070. The van der Waals surface area contributed by atoms with E-state index in [0.29, 0.717) is 21.3 Å². The Morgan fingerprint density at radius 2 is 2.00 bits per heavy atom. The number of benzene rings is 2. The number of ether oxygens (including phenoxy) is 1. The Morgan fingerprint density at radius 3 is 2.62 bits per heavy atom. The molecule has 0 saturated carbocycles. The Kier molecular flexibility index (Phi) is 6.36. The van der Waals surface area contributed by atoms with Gasteiger partial charge in [0.25, 0.3) is 6.04 Å². The van der Waals surface area contributed by atoms with Crippen LogP contribution in [0.4, 0.5) is 4.39 Å². The fraction of sp³-hybridized carbons (Fsp3) is 0.227. The van der Waals surface area contributed by atoms with Gasteiger partial charge in [0.05, 0.1) is 23.6 Å². The van der Waals surface area contributed by atoms with Crippen LogP contribution in [0.3, 0.4) is 0 Å². The van der Waals surface area contributed by atoms with E-state index in [1.165, 1.54) is 6.07 Å². The first kappa shape index (κ1) is 21.0. The van der Waals surface area contributed by atoms with Crippen molar-refractivity contribution in [3.05, 3.63) is 86.4 Å². The number of halogens is 3. The number of nitrogens with zero attached hydrogens (tertiary/aromatic N) is 2. The molecule has 4 nitrogen and oxygen atoms in total. The molecule has 0 bridgehead atoms. The fourth-order valence-corrected chi connectivity index (χ4v) is 3.91. The molecule has 148 valence electrons. The van der Waals surface area contributed by atoms with Crippen LogP contribution in [-0.2, 0) is 9.53 Å². The Labute approximate surface area is 178 Å². The molecule has 0 aromatic heterocycles. The lowest BCUT2D eigenvalue weighted by molar-refractivity contribution is -0.138. The Balaban J connectivity index is 2.35. The van der Waals surface area contributed by atoms with E-state index >= 15 is 0 Å². The van der Waals surface area contributed by atoms with Crippen molar-refractivity contribution in [3.8, 4) is 0 Å². The SMILES string of the molecule is [C-]#[N+]C1C(C)=NC(c2ccccc2F)=C(C(=O)OCC)C1c1ccc(Cl)cc1Cl. The topological polar surface area (TPSA) is 43.0 Å². The molecule has 0 radical (unpaired) electrons. The first-order chi connectivity index (χ1) is 13.9. The molecular weight excluding hydrogens is 414 g/mol. The molecule has 0 saturated heterocycles. The van der Waals surface area contributed by atoms with E-state index < -0.39 is 23.7 Å². The molecule has 1 heterocycles. The van der Waals surface area contributed by atoms with Gasteiger partial charge in [-0.1, -0.05) is 41.4 Å². The van der Waals surface area contributed by atoms with Crippen LogP contribution in [0.1, 0.15) is 30.9 Å². The van der Waals surface area contributed by atoms with E-state index in [1.807, 2.05) is 0 Å². The molecule has 0 aliphatic carbocycles. The van der Waals surface area contributed by atoms with E-state index in [-0.39, 0.29) is 23.4 Å². The van der Waals surface area contributed by atoms with E-state index in [2.05, 4.69) is 9.84 Å². The molecule has 0 spiro atoms. The molecule has 3 rings (SSSR count). The maximum absolute atomic E-state index is 14.6. The van der Waals surface area contributed by atoms with Crippen LogP contribution in [0.15, 0.2) is 53.0 Å². The van der Waals surface area contributed by atoms with E-state index in [0.717, 1.165) is 0 Å². The lowest BCUT2D eigenvalue weighted by Gasteiger charge is -2.27. The number of rotatable bonds is 4. The number of aliphatic imine (C=N–C) groups is 1. The predicted molar refractivity (Wildman–Crippen MR) is 113 cm³/mol. The van der Waals surface area contributed by atoms with Gasteiger partial charge < -0.3 is 9.58 Å². The summed E-state index contributed by atoms with van der Waals surface area (Å²) >= 11 is 12.5. The molecule has 7 heteroatoms. The van der Waals surface area contributed by atoms with Crippen molar-refractivity contribution in [2.75, 3.05) is 6.61 Å². The lowest BCUT2D eigenvalue weighted by Crippen LogP contribution is -2.32. The van der Waals surface area contributed by atoms with Gasteiger partial charge in [0.15, 0.2) is 0 Å². The van der Waals surface area contributed by atoms with Crippen molar-refractivity contribution < 1.29 is 13.9 Å². The first-order valence-corrected chi connectivity index (χ1v) is 9.67. The average Bonchev–Trinajstić information content (AvgIpc) is 2.68. The zero-order chi connectivity index (χ0) is 21.1. The highest BCUT2D eigenvalue weighted by atomic mass is 35.5. The summed E-state index contributed by atoms with van der Waals surface area (Å²) in [5.41, 5.74) is 1.40. The van der Waals surface area contributed by atoms with Crippen LogP contribution in [0, 0.1) is 12.4 Å². The lowest BCUT2D eigenvalue weighted by atomic mass is 9.79. The van der Waals surface area contributed by atoms with Crippen molar-refractivity contribution in [2.24, 2.45) is 4.99 Å². The van der Waals surface area contributed by atoms with Gasteiger partial charge in [0.2, 0.25) is 0 Å². The van der Waals surface area contributed by atoms with Crippen molar-refractivity contribution in [1.29, 1.82) is 0 Å². The third-order valence-corrected chi connectivity index (χ3v) is 5.22. The highest BCUT2D eigenvalue weighted by Gasteiger charge is 2.44. The van der Waals surface area contributed by atoms with Gasteiger partial charge in [-0.15, -0.1) is 0 Å². The van der Waals surface area contributed by atoms with Gasteiger partial charge in [0, 0.05) is 15.6 Å². The number of carbonyl (C=O) groups is 1. The van der Waals surface area contributed by atoms with E-state index in [4.69, 9.17) is 34.5 Å². The summed E-state index contributed by atoms with van der Waals surface area (Å²) < 4.78 is 19.9. The maximum Gasteiger partial charge on any atom is 0.337 e. The van der Waals surface area contributed by atoms with Crippen LogP contribution >= 0.6 is 23.2 Å². The minimum Gasteiger partial charge on any atom is -0.463 e. The average molecular weight is 431 g/mol. The van der Waals surface area contributed by atoms with Crippen LogP contribution in [0.25, 0.3) is 10.5 Å². The molecule has 2 aromatic rings. The van der Waals surface area contributed by atoms with Crippen molar-refractivity contribution in [3.63, 3.8) is 0 Å². The fourth-order valence-electron chi connectivity index (χ4n) is 3.39. The summed E-state index contributed by atoms with van der Waals surface area (Å²) in [4.78, 5) is 21.1. The molecule has 29 heavy (non-hydrogen) atoms. The summed E-state index contributed by atoms with van der Waals surface area (Å²) in [5.74, 6) is -1.96. The molecule has 1 aliphatic rings. The molecule has 2 unspecified atom stereocenters. The summed E-state index contributed by atoms with van der Waals surface area (Å²) in [6.45, 7) is 11.2. The number of carbonyl (C=O) groups excluding carboxylic acids is 1. The summed E-state index contributed by atoms with van der Waals surface area (Å²) in [7, 11) is 0. The number of esters is 1. The smallest absolute Gasteiger partial charge is 0.337 e. The second kappa shape index (κ2) is 8.77. The van der Waals surface area contributed by atoms with Gasteiger partial charge in [-0.2, -0.15) is 0 Å². The van der Waals surface area contributed by atoms with E-state index in [1.54, 1.807) is 50.2 Å². The molecule has 2 atom stereocenters. The van der Waals surface area contributed by atoms with Gasteiger partial charge in [0.1, 0.15) is 11.7 Å². The van der Waals surface area contributed by atoms with E-state index in [9.17, 15) is 9.18 Å². The quantitative estimate of drug-likeness (QED) is 0.443. The van der Waals surface area contributed by atoms with Crippen molar-refractivity contribution >= 4 is 40.6 Å². The molecule has 0 amide bonds. The minimum atomic E-state index is -0.788. The largest absolute Gasteiger partial charge is 0.463 e. The van der Waals surface area contributed by atoms with Gasteiger partial charge >= 0.3 is 5.97 Å². The third-order valence-electron chi connectivity index (χ3n) is 4.66. The number of hydrogen-bond acceptors (Lipinski definition) is 3. The number of hydrogen-bond donors (Lipinski definition) is 0. The first-order valence-electron chi connectivity index (χ1n) is 8.91. The highest BCUT2D eigenvalue weighted by Crippen LogP contribution is 2.43. The minimum absolute atomic E-state index is 0.104. The standard InChI is InChI=1S/C22H17Cl2FN2O2/c1-4-29-22(28)19-18(14-10-9-13(23)11-16(14)24)20(26-3)12(2)27-21(19)15-7-5-6-8-17(15)25/h5-11,18,20H,4H2,1-2H3. The zero-order valence-corrected chi connectivity index (χ0v) is 17.3. The Morgan fingerprint density at radius 1 is 1.28 bits per heavy atom. The molecular formula is C22H17Cl2FN2O2. The molecule has 1 aliphatic heterocycles. The molecule has 2 aromatic carbocycles. The van der Waals surface area contributed by atoms with Crippen LogP contribution in [0.2, 0.25) is 10.0 Å². The highest BCUT2D eigenvalue weighted by molar-refractivity contribution is 6.35. The maximum atomic E-state index is 14.6. The van der Waals surface area contributed by atoms with Crippen LogP contribution in [-0.4, -0.2) is 24.3 Å².